The van der Waals surface area contributed by atoms with Gasteiger partial charge >= 0.3 is 12.0 Å². The fourth-order valence-electron chi connectivity index (χ4n) is 1.96. The number of nitrogens with two attached hydrogens (primary N) is 1. The van der Waals surface area contributed by atoms with Crippen molar-refractivity contribution in [1.29, 1.82) is 0 Å². The van der Waals surface area contributed by atoms with Crippen molar-refractivity contribution in [2.24, 2.45) is 11.7 Å². The molecule has 1 fully saturated rings. The predicted octanol–water partition coefficient (Wildman–Crippen LogP) is -0.243. The van der Waals surface area contributed by atoms with E-state index in [9.17, 15) is 14.4 Å². The third-order valence-electron chi connectivity index (χ3n) is 3.10. The van der Waals surface area contributed by atoms with Crippen LogP contribution in [0.5, 0.6) is 0 Å². The number of nitrogens with zero attached hydrogens (tertiary/aromatic N) is 1. The van der Waals surface area contributed by atoms with Gasteiger partial charge in [-0.05, 0) is 25.7 Å². The molecular formula is C11H19N3O4. The lowest BCUT2D eigenvalue weighted by molar-refractivity contribution is -0.138. The number of carbonyl (C=O) groups excluding carboxylic acids is 2. The van der Waals surface area contributed by atoms with Crippen LogP contribution in [-0.4, -0.2) is 47.0 Å². The number of urea groups is 1. The van der Waals surface area contributed by atoms with Gasteiger partial charge in [0.05, 0.1) is 0 Å². The summed E-state index contributed by atoms with van der Waals surface area (Å²) in [5, 5.41) is 11.1. The van der Waals surface area contributed by atoms with Gasteiger partial charge in [-0.15, -0.1) is 0 Å². The topological polar surface area (TPSA) is 113 Å². The number of carbonyl (C=O) groups is 3. The summed E-state index contributed by atoms with van der Waals surface area (Å²) in [5.41, 5.74) is 5.12. The number of hydrogen-bond acceptors (Lipinski definition) is 3. The van der Waals surface area contributed by atoms with Crippen LogP contribution in [0.15, 0.2) is 0 Å². The molecule has 4 N–H and O–H groups in total. The molecule has 1 heterocycles. The normalized spacial score (nSPS) is 18.2. The van der Waals surface area contributed by atoms with Gasteiger partial charge in [-0.2, -0.15) is 0 Å². The van der Waals surface area contributed by atoms with Crippen LogP contribution in [0, 0.1) is 5.92 Å². The van der Waals surface area contributed by atoms with E-state index in [0.717, 1.165) is 12.8 Å². The zero-order chi connectivity index (χ0) is 13.7. The largest absolute Gasteiger partial charge is 0.480 e. The molecule has 0 aromatic heterocycles. The standard InChI is InChI=1S/C11H19N3O4/c1-7(10(16)17)13-11(18)14-4-2-8(3-5-14)6-9(12)15/h7-8H,2-6H2,1H3,(H2,12,15)(H,13,18)(H,16,17). The van der Waals surface area contributed by atoms with Crippen molar-refractivity contribution in [3.63, 3.8) is 0 Å². The van der Waals surface area contributed by atoms with Crippen LogP contribution in [0.2, 0.25) is 0 Å². The van der Waals surface area contributed by atoms with Crippen molar-refractivity contribution < 1.29 is 19.5 Å². The third-order valence-corrected chi connectivity index (χ3v) is 3.10. The third kappa shape index (κ3) is 4.23. The molecule has 0 spiro atoms. The molecule has 1 aliphatic rings. The minimum absolute atomic E-state index is 0.225. The summed E-state index contributed by atoms with van der Waals surface area (Å²) >= 11 is 0. The number of nitrogens with one attached hydrogen (secondary N) is 1. The van der Waals surface area contributed by atoms with E-state index in [0.29, 0.717) is 19.5 Å². The van der Waals surface area contributed by atoms with Gasteiger partial charge in [-0.25, -0.2) is 4.79 Å². The van der Waals surface area contributed by atoms with Crippen LogP contribution < -0.4 is 11.1 Å². The van der Waals surface area contributed by atoms with Crippen LogP contribution in [0.3, 0.4) is 0 Å². The van der Waals surface area contributed by atoms with E-state index in [4.69, 9.17) is 10.8 Å². The Kier molecular flexibility index (Phi) is 4.94. The molecule has 1 unspecified atom stereocenters. The summed E-state index contributed by atoms with van der Waals surface area (Å²) < 4.78 is 0. The highest BCUT2D eigenvalue weighted by Gasteiger charge is 2.25. The second-order valence-electron chi connectivity index (χ2n) is 4.61. The van der Waals surface area contributed by atoms with Crippen molar-refractivity contribution >= 4 is 17.9 Å². The first-order valence-electron chi connectivity index (χ1n) is 5.96. The first-order chi connectivity index (χ1) is 8.40. The number of primary amides is 1. The van der Waals surface area contributed by atoms with Gasteiger partial charge < -0.3 is 21.1 Å². The summed E-state index contributed by atoms with van der Waals surface area (Å²) in [6.07, 6.45) is 1.79. The fourth-order valence-corrected chi connectivity index (χ4v) is 1.96. The van der Waals surface area contributed by atoms with Crippen molar-refractivity contribution in [1.82, 2.24) is 10.2 Å². The van der Waals surface area contributed by atoms with Crippen LogP contribution in [0.25, 0.3) is 0 Å². The van der Waals surface area contributed by atoms with E-state index < -0.39 is 12.0 Å². The number of carboxylic acid groups (broad SMARTS) is 1. The van der Waals surface area contributed by atoms with E-state index in [1.54, 1.807) is 4.90 Å². The van der Waals surface area contributed by atoms with E-state index in [-0.39, 0.29) is 17.9 Å². The van der Waals surface area contributed by atoms with Gasteiger partial charge in [-0.1, -0.05) is 0 Å². The highest BCUT2D eigenvalue weighted by atomic mass is 16.4. The zero-order valence-corrected chi connectivity index (χ0v) is 10.4. The van der Waals surface area contributed by atoms with E-state index >= 15 is 0 Å². The number of piperidine rings is 1. The van der Waals surface area contributed by atoms with Crippen molar-refractivity contribution in [2.75, 3.05) is 13.1 Å². The van der Waals surface area contributed by atoms with E-state index in [1.165, 1.54) is 6.92 Å². The van der Waals surface area contributed by atoms with E-state index in [2.05, 4.69) is 5.32 Å². The summed E-state index contributed by atoms with van der Waals surface area (Å²) in [4.78, 5) is 34.6. The molecule has 0 aromatic carbocycles. The molecule has 7 nitrogen and oxygen atoms in total. The second-order valence-corrected chi connectivity index (χ2v) is 4.61. The maximum absolute atomic E-state index is 11.7. The Bertz CT molecular complexity index is 337. The van der Waals surface area contributed by atoms with Crippen LogP contribution >= 0.6 is 0 Å². The van der Waals surface area contributed by atoms with Crippen molar-refractivity contribution in [3.8, 4) is 0 Å². The minimum atomic E-state index is -1.06. The molecule has 3 amide bonds. The first-order valence-corrected chi connectivity index (χ1v) is 5.96. The highest BCUT2D eigenvalue weighted by molar-refractivity contribution is 5.82. The SMILES string of the molecule is CC(NC(=O)N1CCC(CC(N)=O)CC1)C(=O)O. The Balaban J connectivity index is 2.36. The molecule has 1 atom stereocenters. The molecule has 0 saturated carbocycles. The minimum Gasteiger partial charge on any atom is -0.480 e. The van der Waals surface area contributed by atoms with Gasteiger partial charge in [0.25, 0.3) is 0 Å². The van der Waals surface area contributed by atoms with Crippen LogP contribution in [0.1, 0.15) is 26.2 Å². The lowest BCUT2D eigenvalue weighted by atomic mass is 9.93. The Hall–Kier alpha value is -1.79. The fraction of sp³-hybridized carbons (Fsp3) is 0.727. The maximum Gasteiger partial charge on any atom is 0.325 e. The molecule has 18 heavy (non-hydrogen) atoms. The molecular weight excluding hydrogens is 238 g/mol. The van der Waals surface area contributed by atoms with Crippen molar-refractivity contribution in [2.45, 2.75) is 32.2 Å². The average molecular weight is 257 g/mol. The molecule has 1 aliphatic heterocycles. The average Bonchev–Trinajstić information content (AvgIpc) is 2.28. The first kappa shape index (κ1) is 14.3. The van der Waals surface area contributed by atoms with Gasteiger partial charge in [-0.3, -0.25) is 9.59 Å². The molecule has 1 saturated heterocycles. The number of aliphatic carboxylic acids is 1. The predicted molar refractivity (Wildman–Crippen MR) is 63.7 cm³/mol. The zero-order valence-electron chi connectivity index (χ0n) is 10.4. The summed E-state index contributed by atoms with van der Waals surface area (Å²) in [6, 6.07) is -1.27. The molecule has 102 valence electrons. The summed E-state index contributed by atoms with van der Waals surface area (Å²) in [6.45, 7) is 2.46. The number of carboxylic acids is 1. The van der Waals surface area contributed by atoms with Gasteiger partial charge in [0.1, 0.15) is 6.04 Å². The van der Waals surface area contributed by atoms with Gasteiger partial charge in [0, 0.05) is 19.5 Å². The molecule has 0 bridgehead atoms. The smallest absolute Gasteiger partial charge is 0.325 e. The Labute approximate surface area is 105 Å². The van der Waals surface area contributed by atoms with Gasteiger partial charge in [0.15, 0.2) is 0 Å². The van der Waals surface area contributed by atoms with Gasteiger partial charge in [0.2, 0.25) is 5.91 Å². The Morgan fingerprint density at radius 2 is 1.94 bits per heavy atom. The van der Waals surface area contributed by atoms with Crippen LogP contribution in [0.4, 0.5) is 4.79 Å². The molecule has 0 aromatic rings. The Morgan fingerprint density at radius 1 is 1.39 bits per heavy atom. The number of hydrogen-bond donors (Lipinski definition) is 3. The van der Waals surface area contributed by atoms with Crippen LogP contribution in [-0.2, 0) is 9.59 Å². The number of rotatable bonds is 4. The molecule has 0 aliphatic carbocycles. The maximum atomic E-state index is 11.7. The summed E-state index contributed by atoms with van der Waals surface area (Å²) in [5.74, 6) is -1.16. The summed E-state index contributed by atoms with van der Waals surface area (Å²) in [7, 11) is 0. The lowest BCUT2D eigenvalue weighted by Gasteiger charge is -2.32. The molecule has 1 rings (SSSR count). The number of likely N-dealkylation sites (tertiary alicyclic amines) is 1. The van der Waals surface area contributed by atoms with Crippen molar-refractivity contribution in [3.05, 3.63) is 0 Å². The monoisotopic (exact) mass is 257 g/mol. The second kappa shape index (κ2) is 6.23. The highest BCUT2D eigenvalue weighted by Crippen LogP contribution is 2.20. The molecule has 0 radical (unpaired) electrons. The van der Waals surface area contributed by atoms with E-state index in [1.807, 2.05) is 0 Å². The quantitative estimate of drug-likeness (QED) is 0.644. The molecule has 7 heteroatoms. The lowest BCUT2D eigenvalue weighted by Crippen LogP contribution is -2.49. The Morgan fingerprint density at radius 3 is 2.39 bits per heavy atom. The number of amides is 3.